The molecule has 1 aliphatic rings. The molecule has 0 bridgehead atoms. The molecule has 3 aromatic carbocycles. The van der Waals surface area contributed by atoms with Gasteiger partial charge in [0.15, 0.2) is 0 Å². The zero-order chi connectivity index (χ0) is 19.9. The van der Waals surface area contributed by atoms with Crippen LogP contribution in [-0.4, -0.2) is 25.1 Å². The van der Waals surface area contributed by atoms with E-state index in [0.717, 1.165) is 18.7 Å². The highest BCUT2D eigenvalue weighted by atomic mass is 16.5. The molecule has 1 aliphatic carbocycles. The maximum absolute atomic E-state index is 12.2. The molecule has 0 aromatic heterocycles. The first-order chi connectivity index (χ1) is 14.3. The number of anilines is 1. The van der Waals surface area contributed by atoms with Gasteiger partial charge in [0.25, 0.3) is 5.91 Å². The third kappa shape index (κ3) is 5.53. The smallest absolute Gasteiger partial charge is 0.255 e. The molecule has 1 amide bonds. The highest BCUT2D eigenvalue weighted by Gasteiger charge is 2.37. The number of amides is 1. The van der Waals surface area contributed by atoms with Gasteiger partial charge in [0.1, 0.15) is 0 Å². The second-order valence-electron chi connectivity index (χ2n) is 7.38. The Bertz CT molecular complexity index is 911. The van der Waals surface area contributed by atoms with Crippen molar-refractivity contribution < 1.29 is 9.53 Å². The fourth-order valence-electron chi connectivity index (χ4n) is 3.48. The van der Waals surface area contributed by atoms with Gasteiger partial charge in [0.05, 0.1) is 13.2 Å². The van der Waals surface area contributed by atoms with Crippen LogP contribution in [0.25, 0.3) is 0 Å². The summed E-state index contributed by atoms with van der Waals surface area (Å²) in [7, 11) is 0. The number of hydrogen-bond acceptors (Lipinski definition) is 3. The zero-order valence-corrected chi connectivity index (χ0v) is 16.4. The highest BCUT2D eigenvalue weighted by Crippen LogP contribution is 2.40. The molecule has 0 heterocycles. The maximum atomic E-state index is 12.2. The summed E-state index contributed by atoms with van der Waals surface area (Å²) in [5, 5.41) is 6.51. The molecule has 0 spiro atoms. The lowest BCUT2D eigenvalue weighted by atomic mass is 10.1. The van der Waals surface area contributed by atoms with Crippen LogP contribution in [-0.2, 0) is 11.3 Å². The van der Waals surface area contributed by atoms with Crippen molar-refractivity contribution in [3.8, 4) is 0 Å². The minimum atomic E-state index is -0.0835. The van der Waals surface area contributed by atoms with Crippen LogP contribution in [0.2, 0.25) is 0 Å². The van der Waals surface area contributed by atoms with Crippen LogP contribution in [0.3, 0.4) is 0 Å². The van der Waals surface area contributed by atoms with Crippen LogP contribution < -0.4 is 10.6 Å². The standard InChI is InChI=1S/C25H26N2O2/c28-25(21-9-5-2-6-10-21)27-22-13-11-20(12-14-22)23-17-24(23)26-15-16-29-18-19-7-3-1-4-8-19/h1-14,23-24,26H,15-18H2,(H,27,28). The molecule has 3 aromatic rings. The molecule has 1 saturated carbocycles. The summed E-state index contributed by atoms with van der Waals surface area (Å²) in [6.45, 7) is 2.23. The molecule has 1 fully saturated rings. The van der Waals surface area contributed by atoms with E-state index in [1.807, 2.05) is 60.7 Å². The summed E-state index contributed by atoms with van der Waals surface area (Å²) in [5.74, 6) is 0.461. The largest absolute Gasteiger partial charge is 0.375 e. The monoisotopic (exact) mass is 386 g/mol. The average molecular weight is 386 g/mol. The molecule has 4 nitrogen and oxygen atoms in total. The summed E-state index contributed by atoms with van der Waals surface area (Å²) in [6.07, 6.45) is 1.15. The Hall–Kier alpha value is -2.95. The van der Waals surface area contributed by atoms with E-state index >= 15 is 0 Å². The Morgan fingerprint density at radius 3 is 2.31 bits per heavy atom. The first kappa shape index (κ1) is 19.4. The van der Waals surface area contributed by atoms with E-state index in [0.29, 0.717) is 30.7 Å². The minimum Gasteiger partial charge on any atom is -0.375 e. The maximum Gasteiger partial charge on any atom is 0.255 e. The van der Waals surface area contributed by atoms with E-state index in [4.69, 9.17) is 4.74 Å². The van der Waals surface area contributed by atoms with Gasteiger partial charge < -0.3 is 15.4 Å². The molecule has 2 unspecified atom stereocenters. The van der Waals surface area contributed by atoms with E-state index in [1.54, 1.807) is 0 Å². The number of hydrogen-bond donors (Lipinski definition) is 2. The molecule has 4 rings (SSSR count). The normalized spacial score (nSPS) is 17.7. The van der Waals surface area contributed by atoms with Crippen molar-refractivity contribution in [1.29, 1.82) is 0 Å². The third-order valence-electron chi connectivity index (χ3n) is 5.19. The Balaban J connectivity index is 1.17. The van der Waals surface area contributed by atoms with Gasteiger partial charge in [-0.15, -0.1) is 0 Å². The molecule has 0 radical (unpaired) electrons. The van der Waals surface area contributed by atoms with Gasteiger partial charge in [0.2, 0.25) is 0 Å². The molecule has 2 atom stereocenters. The number of ether oxygens (including phenoxy) is 1. The molecule has 29 heavy (non-hydrogen) atoms. The van der Waals surface area contributed by atoms with Crippen molar-refractivity contribution in [2.75, 3.05) is 18.5 Å². The minimum absolute atomic E-state index is 0.0835. The van der Waals surface area contributed by atoms with Crippen molar-refractivity contribution in [2.45, 2.75) is 25.0 Å². The topological polar surface area (TPSA) is 50.4 Å². The SMILES string of the molecule is O=C(Nc1ccc(C2CC2NCCOCc2ccccc2)cc1)c1ccccc1. The van der Waals surface area contributed by atoms with Gasteiger partial charge in [-0.1, -0.05) is 60.7 Å². The van der Waals surface area contributed by atoms with Crippen LogP contribution in [0.1, 0.15) is 33.8 Å². The van der Waals surface area contributed by atoms with E-state index in [2.05, 4.69) is 34.9 Å². The summed E-state index contributed by atoms with van der Waals surface area (Å²) < 4.78 is 5.73. The average Bonchev–Trinajstić information content (AvgIpc) is 3.55. The molecule has 0 saturated heterocycles. The van der Waals surface area contributed by atoms with Gasteiger partial charge in [-0.2, -0.15) is 0 Å². The van der Waals surface area contributed by atoms with Crippen LogP contribution in [0.5, 0.6) is 0 Å². The zero-order valence-electron chi connectivity index (χ0n) is 16.4. The highest BCUT2D eigenvalue weighted by molar-refractivity contribution is 6.04. The van der Waals surface area contributed by atoms with Gasteiger partial charge >= 0.3 is 0 Å². The predicted octanol–water partition coefficient (Wildman–Crippen LogP) is 4.60. The third-order valence-corrected chi connectivity index (χ3v) is 5.19. The number of benzene rings is 3. The fraction of sp³-hybridized carbons (Fsp3) is 0.240. The van der Waals surface area contributed by atoms with Crippen LogP contribution in [0.4, 0.5) is 5.69 Å². The number of nitrogens with one attached hydrogen (secondary N) is 2. The van der Waals surface area contributed by atoms with Crippen molar-refractivity contribution in [3.63, 3.8) is 0 Å². The first-order valence-corrected chi connectivity index (χ1v) is 10.1. The summed E-state index contributed by atoms with van der Waals surface area (Å²) in [6, 6.07) is 28.2. The van der Waals surface area contributed by atoms with Gasteiger partial charge in [0, 0.05) is 29.8 Å². The quantitative estimate of drug-likeness (QED) is 0.529. The second kappa shape index (κ2) is 9.50. The second-order valence-corrected chi connectivity index (χ2v) is 7.38. The van der Waals surface area contributed by atoms with Crippen molar-refractivity contribution in [1.82, 2.24) is 5.32 Å². The number of rotatable bonds is 9. The van der Waals surface area contributed by atoms with Crippen molar-refractivity contribution in [3.05, 3.63) is 102 Å². The molecule has 4 heteroatoms. The summed E-state index contributed by atoms with van der Waals surface area (Å²) in [4.78, 5) is 12.2. The van der Waals surface area contributed by atoms with Gasteiger partial charge in [-0.3, -0.25) is 4.79 Å². The van der Waals surface area contributed by atoms with Crippen molar-refractivity contribution in [2.24, 2.45) is 0 Å². The van der Waals surface area contributed by atoms with Gasteiger partial charge in [-0.25, -0.2) is 0 Å². The Morgan fingerprint density at radius 2 is 1.59 bits per heavy atom. The molecule has 148 valence electrons. The van der Waals surface area contributed by atoms with Crippen LogP contribution in [0.15, 0.2) is 84.9 Å². The van der Waals surface area contributed by atoms with Gasteiger partial charge in [-0.05, 0) is 41.8 Å². The number of carbonyl (C=O) groups is 1. The lowest BCUT2D eigenvalue weighted by Gasteiger charge is -2.08. The van der Waals surface area contributed by atoms with E-state index in [-0.39, 0.29) is 5.91 Å². The Kier molecular flexibility index (Phi) is 6.35. The molecule has 0 aliphatic heterocycles. The van der Waals surface area contributed by atoms with E-state index < -0.39 is 0 Å². The molecular formula is C25H26N2O2. The fourth-order valence-corrected chi connectivity index (χ4v) is 3.48. The summed E-state index contributed by atoms with van der Waals surface area (Å²) in [5.41, 5.74) is 4.00. The Labute approximate surface area is 171 Å². The van der Waals surface area contributed by atoms with Crippen molar-refractivity contribution >= 4 is 11.6 Å². The number of carbonyl (C=O) groups excluding carboxylic acids is 1. The van der Waals surface area contributed by atoms with E-state index in [1.165, 1.54) is 11.1 Å². The lowest BCUT2D eigenvalue weighted by molar-refractivity contribution is 0.102. The summed E-state index contributed by atoms with van der Waals surface area (Å²) >= 11 is 0. The first-order valence-electron chi connectivity index (χ1n) is 10.1. The molecule has 2 N–H and O–H groups in total. The molecular weight excluding hydrogens is 360 g/mol. The van der Waals surface area contributed by atoms with E-state index in [9.17, 15) is 4.79 Å². The lowest BCUT2D eigenvalue weighted by Crippen LogP contribution is -2.23. The Morgan fingerprint density at radius 1 is 0.897 bits per heavy atom. The van der Waals surface area contributed by atoms with Crippen LogP contribution >= 0.6 is 0 Å². The van der Waals surface area contributed by atoms with Crippen LogP contribution in [0, 0.1) is 0 Å². The predicted molar refractivity (Wildman–Crippen MR) is 116 cm³/mol.